The first-order valence-electron chi connectivity index (χ1n) is 42.6. The molecule has 0 atom stereocenters. The number of fused-ring (bicyclic) bond motifs is 22. The van der Waals surface area contributed by atoms with Gasteiger partial charge in [0.2, 0.25) is 0 Å². The van der Waals surface area contributed by atoms with Crippen LogP contribution in [0.15, 0.2) is 376 Å². The van der Waals surface area contributed by atoms with Crippen LogP contribution in [0.3, 0.4) is 0 Å². The number of hydrogen-bond donors (Lipinski definition) is 0. The first kappa shape index (κ1) is 71.1. The van der Waals surface area contributed by atoms with Gasteiger partial charge in [-0.1, -0.05) is 255 Å². The summed E-state index contributed by atoms with van der Waals surface area (Å²) in [5.41, 5.74) is 34.5. The van der Waals surface area contributed by atoms with Gasteiger partial charge in [-0.3, -0.25) is 0 Å². The second-order valence-electron chi connectivity index (χ2n) is 36.0. The summed E-state index contributed by atoms with van der Waals surface area (Å²) >= 11 is 0. The molecule has 0 aliphatic heterocycles. The third kappa shape index (κ3) is 10.9. The molecule has 4 heterocycles. The minimum absolute atomic E-state index is 0.0463. The maximum absolute atomic E-state index is 8.04. The summed E-state index contributed by atoms with van der Waals surface area (Å²) in [7, 11) is 0. The van der Waals surface area contributed by atoms with E-state index in [1.165, 1.54) is 143 Å². The van der Waals surface area contributed by atoms with Crippen molar-refractivity contribution >= 4 is 159 Å². The van der Waals surface area contributed by atoms with E-state index >= 15 is 0 Å². The quantitative estimate of drug-likeness (QED) is 0.134. The van der Waals surface area contributed by atoms with Gasteiger partial charge in [-0.25, -0.2) is 4.85 Å². The molecule has 23 aromatic rings. The fraction of sp³-hybridized carbons (Fsp3) is 0.0855. The van der Waals surface area contributed by atoms with Crippen molar-refractivity contribution in [3.63, 3.8) is 0 Å². The van der Waals surface area contributed by atoms with Crippen LogP contribution >= 0.6 is 0 Å². The molecule has 2 aliphatic carbocycles. The van der Waals surface area contributed by atoms with E-state index < -0.39 is 0 Å². The van der Waals surface area contributed by atoms with Crippen molar-refractivity contribution in [1.82, 2.24) is 8.80 Å². The zero-order chi connectivity index (χ0) is 81.8. The van der Waals surface area contributed by atoms with E-state index in [1.807, 2.05) is 0 Å². The molecule has 0 radical (unpaired) electrons. The summed E-state index contributed by atoms with van der Waals surface area (Å²) in [5, 5.41) is 19.4. The van der Waals surface area contributed by atoms with Crippen LogP contribution in [-0.2, 0) is 16.2 Å². The first-order valence-corrected chi connectivity index (χ1v) is 42.6. The minimum atomic E-state index is -0.0463. The highest BCUT2D eigenvalue weighted by Gasteiger charge is 2.37. The molecule has 0 N–H and O–H groups in total. The van der Waals surface area contributed by atoms with Crippen LogP contribution in [0.1, 0.15) is 76.3 Å². The molecule has 0 saturated heterocycles. The van der Waals surface area contributed by atoms with Crippen LogP contribution in [0.4, 0.5) is 39.8 Å². The Bertz CT molecular complexity index is 7820. The lowest BCUT2D eigenvalue weighted by Crippen LogP contribution is -2.14. The SMILES string of the molecule is CC(C)(C)c1ccc(-c2cc3c4cc5ccc(-c6ccc7c(c6)C(C)(C)c6ccccc6-7)cc5cc4n4c5cc6cc(-c7ccc8c(c7)C(C)(C)c7ccccc7-8)ccc6cc5c(c2)c34)cc1.[C-]#[N+]c1cc2c3cc4ccc(N(c5ccccc5)c5ccccc5)cc4cc3n3c4cc5cc(N(c6ccccc6)c6ccccc6)ccc5cc4c(c1)c23. The van der Waals surface area contributed by atoms with Crippen LogP contribution in [0, 0.1) is 6.57 Å². The summed E-state index contributed by atoms with van der Waals surface area (Å²) in [6.07, 6.45) is 0. The Morgan fingerprint density at radius 2 is 0.557 bits per heavy atom. The Morgan fingerprint density at radius 3 is 0.926 bits per heavy atom. The molecule has 2 aliphatic rings. The predicted molar refractivity (Wildman–Crippen MR) is 518 cm³/mol. The molecule has 0 unspecified atom stereocenters. The summed E-state index contributed by atoms with van der Waals surface area (Å²) in [6, 6.07) is 139. The molecule has 5 heteroatoms. The number of hydrogen-bond acceptors (Lipinski definition) is 2. The average molecular weight is 1560 g/mol. The fourth-order valence-electron chi connectivity index (χ4n) is 21.0. The Labute approximate surface area is 708 Å². The van der Waals surface area contributed by atoms with E-state index in [2.05, 4.69) is 448 Å². The van der Waals surface area contributed by atoms with Crippen LogP contribution in [-0.4, -0.2) is 8.80 Å². The van der Waals surface area contributed by atoms with Crippen molar-refractivity contribution in [3.05, 3.63) is 415 Å². The van der Waals surface area contributed by atoms with E-state index in [1.54, 1.807) is 0 Å². The second-order valence-corrected chi connectivity index (χ2v) is 36.0. The third-order valence-corrected chi connectivity index (χ3v) is 27.2. The van der Waals surface area contributed by atoms with Crippen molar-refractivity contribution in [1.29, 1.82) is 0 Å². The summed E-state index contributed by atoms with van der Waals surface area (Å²) in [6.45, 7) is 24.4. The molecule has 25 rings (SSSR count). The third-order valence-electron chi connectivity index (χ3n) is 27.2. The monoisotopic (exact) mass is 1560 g/mol. The summed E-state index contributed by atoms with van der Waals surface area (Å²) in [4.78, 5) is 8.56. The Kier molecular flexibility index (Phi) is 15.4. The Hall–Kier alpha value is -15.1. The van der Waals surface area contributed by atoms with Crippen LogP contribution in [0.25, 0.3) is 180 Å². The van der Waals surface area contributed by atoms with Crippen molar-refractivity contribution in [2.45, 2.75) is 64.7 Å². The zero-order valence-corrected chi connectivity index (χ0v) is 69.0. The number of para-hydroxylation sites is 4. The lowest BCUT2D eigenvalue weighted by molar-refractivity contribution is 0.590. The van der Waals surface area contributed by atoms with E-state index in [9.17, 15) is 0 Å². The largest absolute Gasteiger partial charge is 0.310 e. The smallest absolute Gasteiger partial charge is 0.188 e. The van der Waals surface area contributed by atoms with Gasteiger partial charge < -0.3 is 18.6 Å². The minimum Gasteiger partial charge on any atom is -0.310 e. The highest BCUT2D eigenvalue weighted by Crippen LogP contribution is 2.54. The fourth-order valence-corrected chi connectivity index (χ4v) is 21.0. The van der Waals surface area contributed by atoms with Crippen LogP contribution in [0.5, 0.6) is 0 Å². The van der Waals surface area contributed by atoms with Gasteiger partial charge in [-0.15, -0.1) is 0 Å². The molecule has 19 aromatic carbocycles. The molecule has 0 spiro atoms. The van der Waals surface area contributed by atoms with Gasteiger partial charge in [-0.05, 0) is 313 Å². The van der Waals surface area contributed by atoms with Crippen LogP contribution in [0.2, 0.25) is 0 Å². The molecular formula is C117H83N5. The van der Waals surface area contributed by atoms with E-state index in [0.717, 1.165) is 93.8 Å². The van der Waals surface area contributed by atoms with Crippen molar-refractivity contribution < 1.29 is 0 Å². The number of rotatable bonds is 9. The van der Waals surface area contributed by atoms with Gasteiger partial charge in [0.1, 0.15) is 0 Å². The number of nitrogens with zero attached hydrogens (tertiary/aromatic N) is 5. The van der Waals surface area contributed by atoms with Gasteiger partial charge in [-0.2, -0.15) is 0 Å². The van der Waals surface area contributed by atoms with Gasteiger partial charge in [0.25, 0.3) is 0 Å². The number of benzene rings is 19. The maximum atomic E-state index is 8.04. The molecular weight excluding hydrogens is 1480 g/mol. The summed E-state index contributed by atoms with van der Waals surface area (Å²) < 4.78 is 5.00. The number of anilines is 6. The molecule has 122 heavy (non-hydrogen) atoms. The molecule has 4 aromatic heterocycles. The van der Waals surface area contributed by atoms with E-state index in [-0.39, 0.29) is 16.2 Å². The highest BCUT2D eigenvalue weighted by molar-refractivity contribution is 6.29. The van der Waals surface area contributed by atoms with Crippen molar-refractivity contribution in [2.75, 3.05) is 9.80 Å². The topological polar surface area (TPSA) is 19.7 Å². The second kappa shape index (κ2) is 26.5. The molecule has 5 nitrogen and oxygen atoms in total. The van der Waals surface area contributed by atoms with Gasteiger partial charge in [0, 0.05) is 77.3 Å². The van der Waals surface area contributed by atoms with Gasteiger partial charge in [0.05, 0.1) is 39.7 Å². The Morgan fingerprint density at radius 1 is 0.246 bits per heavy atom. The molecule has 0 bridgehead atoms. The number of aromatic nitrogens is 2. The first-order chi connectivity index (χ1) is 59.5. The molecule has 0 fully saturated rings. The normalized spacial score (nSPS) is 13.3. The lowest BCUT2D eigenvalue weighted by atomic mass is 9.81. The lowest BCUT2D eigenvalue weighted by Gasteiger charge is -2.25. The molecule has 576 valence electrons. The molecule has 0 saturated carbocycles. The van der Waals surface area contributed by atoms with Gasteiger partial charge in [0.15, 0.2) is 5.69 Å². The maximum Gasteiger partial charge on any atom is 0.188 e. The summed E-state index contributed by atoms with van der Waals surface area (Å²) in [5.74, 6) is 0. The van der Waals surface area contributed by atoms with Crippen LogP contribution < -0.4 is 9.80 Å². The van der Waals surface area contributed by atoms with Crippen molar-refractivity contribution in [3.8, 4) is 55.6 Å². The predicted octanol–water partition coefficient (Wildman–Crippen LogP) is 32.7. The average Bonchev–Trinajstić information content (AvgIpc) is 1.53. The standard InChI is InChI=1S/C66H51N.C51H32N4/c1-64(2,3)48-24-20-38(21-25-48)47-32-55-53-30-41-18-16-39(43-22-26-51-49-12-8-10-14-57(49)65(4,5)59(51)34-43)28-45(41)36-61(53)67-62-37-46-29-40(17-19-42(46)31-54(62)56(33-47)63(55)67)44-23-27-52-50-13-9-11-15-58(50)66(6,7)60(52)35-44;1-52-38-32-47-45-28-34-22-24-43(53(39-14-6-2-7-15-39)40-16-8-3-9-17-40)26-36(34)30-49(45)55-50-31-37-27-44(25-23-35(37)29-46(50)48(33-38)51(47)55)54(41-18-10-4-11-19-41)42-20-12-5-13-21-42/h8-37H,1-7H3;2-33H. The van der Waals surface area contributed by atoms with E-state index in [4.69, 9.17) is 6.57 Å². The highest BCUT2D eigenvalue weighted by atomic mass is 15.1. The zero-order valence-electron chi connectivity index (χ0n) is 69.0. The van der Waals surface area contributed by atoms with Crippen molar-refractivity contribution in [2.24, 2.45) is 0 Å². The van der Waals surface area contributed by atoms with Gasteiger partial charge >= 0.3 is 0 Å². The molecule has 0 amide bonds. The Balaban J connectivity index is 0.000000141. The van der Waals surface area contributed by atoms with E-state index in [0.29, 0.717) is 5.69 Å².